The summed E-state index contributed by atoms with van der Waals surface area (Å²) < 4.78 is 60.9. The van der Waals surface area contributed by atoms with Crippen molar-refractivity contribution in [2.75, 3.05) is 37.8 Å². The van der Waals surface area contributed by atoms with Gasteiger partial charge in [-0.1, -0.05) is 125 Å². The Labute approximate surface area is 442 Å². The quantitative estimate of drug-likeness (QED) is 0.0353. The van der Waals surface area contributed by atoms with E-state index in [0.29, 0.717) is 12.2 Å². The number of amides is 2. The minimum atomic E-state index is -5.93. The summed E-state index contributed by atoms with van der Waals surface area (Å²) in [7, 11) is -17.6. The first-order valence-corrected chi connectivity index (χ1v) is 30.1. The molecule has 2 amide bonds. The average molecular weight is 1130 g/mol. The molecule has 0 radical (unpaired) electrons. The van der Waals surface area contributed by atoms with E-state index >= 15 is 0 Å². The second-order valence-electron chi connectivity index (χ2n) is 17.9. The van der Waals surface area contributed by atoms with Gasteiger partial charge in [-0.3, -0.25) is 28.1 Å². The highest BCUT2D eigenvalue weighted by molar-refractivity contribution is 8.13. The maximum Gasteiger partial charge on any atom is 0.274 e. The highest BCUT2D eigenvalue weighted by Gasteiger charge is 2.47. The van der Waals surface area contributed by atoms with Crippen LogP contribution in [0.5, 0.6) is 0 Å². The number of thioether (sulfide) groups is 1. The van der Waals surface area contributed by atoms with Gasteiger partial charge in [0.1, 0.15) is 36.3 Å². The first kappa shape index (κ1) is 65.5. The number of nitrogen functional groups attached to an aromatic ring is 1. The van der Waals surface area contributed by atoms with Crippen LogP contribution in [0.3, 0.4) is 0 Å². The molecule has 75 heavy (non-hydrogen) atoms. The zero-order valence-electron chi connectivity index (χ0n) is 42.6. The third-order valence-electron chi connectivity index (χ3n) is 11.1. The van der Waals surface area contributed by atoms with Gasteiger partial charge in [-0.05, 0) is 51.4 Å². The Balaban J connectivity index is 1.23. The molecule has 422 valence electrons. The van der Waals surface area contributed by atoms with Gasteiger partial charge >= 0.3 is 0 Å². The number of phosphoric ester groups is 3. The number of ether oxygens (including phenoxy) is 1. The molecule has 7 atom stereocenters. The predicted molar refractivity (Wildman–Crippen MR) is 274 cm³/mol. The number of fused-ring (bicyclic) bond motifs is 1. The summed E-state index contributed by atoms with van der Waals surface area (Å²) in [5, 5.41) is 26.5. The van der Waals surface area contributed by atoms with E-state index in [1.807, 2.05) is 0 Å². The summed E-state index contributed by atoms with van der Waals surface area (Å²) in [6.07, 6.45) is 28.4. The number of rotatable bonds is 38. The molecule has 28 heteroatoms. The van der Waals surface area contributed by atoms with Gasteiger partial charge in [0.15, 0.2) is 22.8 Å². The van der Waals surface area contributed by atoms with Crippen molar-refractivity contribution in [2.24, 2.45) is 5.41 Å². The number of allylic oxidation sites excluding steroid dienone is 10. The molecule has 24 nitrogen and oxygen atoms in total. The first-order chi connectivity index (χ1) is 35.6. The van der Waals surface area contributed by atoms with Gasteiger partial charge in [0.2, 0.25) is 11.8 Å². The molecule has 6 N–H and O–H groups in total. The topological polar surface area (TPSA) is 375 Å². The lowest BCUT2D eigenvalue weighted by atomic mass is 9.87. The molecule has 1 aliphatic heterocycles. The summed E-state index contributed by atoms with van der Waals surface area (Å²) in [6, 6.07) is 0. The summed E-state index contributed by atoms with van der Waals surface area (Å²) in [6.45, 7) is 2.28. The number of nitrogens with zero attached hydrogens (tertiary/aromatic N) is 4. The van der Waals surface area contributed by atoms with E-state index in [2.05, 4.69) is 111 Å². The second kappa shape index (κ2) is 34.2. The molecule has 0 saturated carbocycles. The average Bonchev–Trinajstić information content (AvgIpc) is 3.91. The number of unbranched alkanes of at least 4 members (excludes halogenated alkanes) is 7. The maximum atomic E-state index is 12.7. The van der Waals surface area contributed by atoms with Gasteiger partial charge in [-0.2, -0.15) is 0 Å². The van der Waals surface area contributed by atoms with Crippen molar-refractivity contribution in [3.63, 3.8) is 0 Å². The van der Waals surface area contributed by atoms with Gasteiger partial charge in [-0.15, -0.1) is 0 Å². The van der Waals surface area contributed by atoms with Crippen LogP contribution in [0.1, 0.15) is 123 Å². The van der Waals surface area contributed by atoms with Crippen LogP contribution >= 0.6 is 35.2 Å². The van der Waals surface area contributed by atoms with Crippen LogP contribution in [0.25, 0.3) is 11.2 Å². The molecule has 0 spiro atoms. The lowest BCUT2D eigenvalue weighted by Crippen LogP contribution is -2.46. The zero-order valence-corrected chi connectivity index (χ0v) is 46.1. The van der Waals surface area contributed by atoms with Crippen LogP contribution in [0.4, 0.5) is 5.82 Å². The van der Waals surface area contributed by atoms with Gasteiger partial charge in [0, 0.05) is 37.1 Å². The molecule has 2 aromatic heterocycles. The fourth-order valence-corrected chi connectivity index (χ4v) is 10.6. The SMILES string of the molecule is CC/C=C\C/C=C\C/C=C\C/C=C\C/C=C\CCCCCCCCCC(=O)SCCNC(=O)CCNC(=O)[C@H](O)C(C)(C)COP(=O)([O-])OP(=O)([O-])OC[C@H]1O[C@@H](n2cnc3c(N)ncnc32)[C@H](O)[C@@H]1OP(=O)([O-])[O-]. The Morgan fingerprint density at radius 1 is 0.827 bits per heavy atom. The number of aliphatic hydroxyl groups excluding tert-OH is 2. The third-order valence-corrected chi connectivity index (χ3v) is 15.1. The lowest BCUT2D eigenvalue weighted by Gasteiger charge is -2.36. The van der Waals surface area contributed by atoms with E-state index in [-0.39, 0.29) is 41.6 Å². The normalized spacial score (nSPS) is 19.7. The highest BCUT2D eigenvalue weighted by Crippen LogP contribution is 2.56. The molecule has 3 rings (SSSR count). The van der Waals surface area contributed by atoms with E-state index in [0.717, 1.165) is 93.2 Å². The molecule has 1 fully saturated rings. The van der Waals surface area contributed by atoms with Crippen molar-refractivity contribution in [1.82, 2.24) is 30.2 Å². The predicted octanol–water partition coefficient (Wildman–Crippen LogP) is 4.40. The Morgan fingerprint density at radius 3 is 2.04 bits per heavy atom. The fraction of sp³-hybridized carbons (Fsp3) is 0.617. The van der Waals surface area contributed by atoms with Gasteiger partial charge in [-0.25, -0.2) is 19.3 Å². The number of hydrogen-bond acceptors (Lipinski definition) is 22. The van der Waals surface area contributed by atoms with Crippen LogP contribution in [0.2, 0.25) is 0 Å². The Morgan fingerprint density at radius 2 is 1.41 bits per heavy atom. The van der Waals surface area contributed by atoms with Crippen LogP contribution in [0.15, 0.2) is 73.4 Å². The van der Waals surface area contributed by atoms with Crippen molar-refractivity contribution in [1.29, 1.82) is 0 Å². The highest BCUT2D eigenvalue weighted by atomic mass is 32.2. The number of imidazole rings is 1. The number of nitrogens with two attached hydrogens (primary N) is 1. The van der Waals surface area contributed by atoms with Crippen molar-refractivity contribution in [2.45, 2.75) is 148 Å². The number of nitrogens with one attached hydrogen (secondary N) is 2. The van der Waals surface area contributed by atoms with Crippen LogP contribution < -0.4 is 35.9 Å². The van der Waals surface area contributed by atoms with E-state index in [1.54, 1.807) is 0 Å². The number of hydrogen-bond donors (Lipinski definition) is 5. The van der Waals surface area contributed by atoms with E-state index < -0.39 is 84.6 Å². The number of aromatic nitrogens is 4. The number of carbonyl (C=O) groups is 3. The molecule has 1 aliphatic rings. The van der Waals surface area contributed by atoms with Crippen LogP contribution in [-0.2, 0) is 50.7 Å². The Hall–Kier alpha value is -3.74. The molecular weight excluding hydrogens is 1060 g/mol. The Bertz CT molecular complexity index is 2380. The van der Waals surface area contributed by atoms with Gasteiger partial charge < -0.3 is 69.0 Å². The standard InChI is InChI=1S/C47H76N7O17P3S/c1-4-5-6-7-8-9-10-11-12-13-14-15-16-17-18-19-20-21-22-23-24-25-26-27-38(56)75-31-30-49-37(55)28-29-50-45(59)42(58)47(2,3)33-68-74(65,66)71-73(63,64)67-32-36-41(70-72(60,61)62)40(57)46(69-36)54-35-53-39-43(48)51-34-52-44(39)54/h5-6,8-9,11-12,14-15,17-18,34-36,40-42,46,57-58H,4,7,10,13,16,19-33H2,1-3H3,(H,49,55)(H,50,59)(H,63,64)(H,65,66)(H2,48,51,52)(H2,60,61,62)/p-4/b6-5-,9-8-,12-11-,15-14-,18-17-/t36-,40-,41-,42+,46-/m1/s1. The number of carbonyl (C=O) groups excluding carboxylic acids is 3. The minimum Gasteiger partial charge on any atom is -0.790 e. The first-order valence-electron chi connectivity index (χ1n) is 24.8. The number of anilines is 1. The molecule has 1 saturated heterocycles. The van der Waals surface area contributed by atoms with Crippen LogP contribution in [-0.4, -0.2) is 103 Å². The van der Waals surface area contributed by atoms with E-state index in [9.17, 15) is 57.9 Å². The summed E-state index contributed by atoms with van der Waals surface area (Å²) in [5.74, 6) is -1.16. The fourth-order valence-electron chi connectivity index (χ4n) is 7.13. The van der Waals surface area contributed by atoms with Gasteiger partial charge in [0.25, 0.3) is 15.6 Å². The second-order valence-corrected chi connectivity index (χ2v) is 23.1. The monoisotopic (exact) mass is 1130 g/mol. The van der Waals surface area contributed by atoms with E-state index in [1.165, 1.54) is 33.1 Å². The molecule has 0 bridgehead atoms. The maximum absolute atomic E-state index is 12.7. The zero-order chi connectivity index (χ0) is 55.3. The van der Waals surface area contributed by atoms with Crippen molar-refractivity contribution in [3.05, 3.63) is 73.4 Å². The van der Waals surface area contributed by atoms with Crippen LogP contribution in [0, 0.1) is 5.41 Å². The Kier molecular flexibility index (Phi) is 29.9. The molecule has 2 unspecified atom stereocenters. The molecule has 3 heterocycles. The van der Waals surface area contributed by atoms with Gasteiger partial charge in [0.05, 0.1) is 27.4 Å². The molecular formula is C47H72N7O17P3S-4. The van der Waals surface area contributed by atoms with Crippen molar-refractivity contribution in [3.8, 4) is 0 Å². The van der Waals surface area contributed by atoms with Crippen molar-refractivity contribution >= 4 is 69.1 Å². The summed E-state index contributed by atoms with van der Waals surface area (Å²) >= 11 is 1.13. The molecule has 0 aromatic carbocycles. The largest absolute Gasteiger partial charge is 0.790 e. The minimum absolute atomic E-state index is 0.0203. The molecule has 2 aromatic rings. The van der Waals surface area contributed by atoms with E-state index in [4.69, 9.17) is 10.5 Å². The summed E-state index contributed by atoms with van der Waals surface area (Å²) in [4.78, 5) is 97.1. The summed E-state index contributed by atoms with van der Waals surface area (Å²) in [5.41, 5.74) is 4.09. The number of aliphatic hydroxyl groups is 2. The van der Waals surface area contributed by atoms with Crippen molar-refractivity contribution < 1.29 is 80.5 Å². The smallest absolute Gasteiger partial charge is 0.274 e. The molecule has 0 aliphatic carbocycles. The third kappa shape index (κ3) is 26.4. The lowest BCUT2D eigenvalue weighted by molar-refractivity contribution is -0.347. The number of phosphoric acid groups is 3.